The first-order valence-electron chi connectivity index (χ1n) is 8.24. The van der Waals surface area contributed by atoms with Gasteiger partial charge in [0.1, 0.15) is 0 Å². The molecule has 1 aliphatic rings. The molecule has 4 heteroatoms. The average molecular weight is 291 g/mol. The van der Waals surface area contributed by atoms with E-state index >= 15 is 0 Å². The number of aryl methyl sites for hydroxylation is 1. The molecular formula is C17H29N3O. The summed E-state index contributed by atoms with van der Waals surface area (Å²) in [5.41, 5.74) is 6.92. The summed E-state index contributed by atoms with van der Waals surface area (Å²) in [5, 5.41) is 0. The van der Waals surface area contributed by atoms with Crippen LogP contribution in [0.2, 0.25) is 0 Å². The minimum Gasteiger partial charge on any atom is -0.353 e. The number of nitrogens with two attached hydrogens (primary N) is 1. The van der Waals surface area contributed by atoms with Crippen LogP contribution in [0.4, 0.5) is 0 Å². The number of nitrogens with zero attached hydrogens (tertiary/aromatic N) is 2. The minimum absolute atomic E-state index is 0.244. The highest BCUT2D eigenvalue weighted by Gasteiger charge is 2.27. The fraction of sp³-hybridized carbons (Fsp3) is 0.706. The van der Waals surface area contributed by atoms with Gasteiger partial charge in [0, 0.05) is 31.9 Å². The molecule has 1 aliphatic heterocycles. The van der Waals surface area contributed by atoms with Crippen molar-refractivity contribution in [3.05, 3.63) is 24.0 Å². The van der Waals surface area contributed by atoms with Crippen molar-refractivity contribution in [2.75, 3.05) is 13.1 Å². The Kier molecular flexibility index (Phi) is 5.85. The SMILES string of the molecule is CC(CN)CCC(=O)N1CCCCCC1c1cccn1C. The van der Waals surface area contributed by atoms with Crippen molar-refractivity contribution in [2.24, 2.45) is 18.7 Å². The van der Waals surface area contributed by atoms with Gasteiger partial charge in [0.05, 0.1) is 6.04 Å². The first kappa shape index (κ1) is 16.1. The standard InChI is InChI=1S/C17H29N3O/c1-14(13-18)9-10-17(21)20-12-5-3-4-7-16(20)15-8-6-11-19(15)2/h6,8,11,14,16H,3-5,7,9-10,12-13,18H2,1-2H3. The summed E-state index contributed by atoms with van der Waals surface area (Å²) < 4.78 is 2.15. The Morgan fingerprint density at radius 1 is 1.43 bits per heavy atom. The van der Waals surface area contributed by atoms with Crippen LogP contribution in [0.1, 0.15) is 57.2 Å². The second-order valence-electron chi connectivity index (χ2n) is 6.38. The van der Waals surface area contributed by atoms with Gasteiger partial charge in [-0.2, -0.15) is 0 Å². The van der Waals surface area contributed by atoms with E-state index in [9.17, 15) is 4.79 Å². The first-order chi connectivity index (χ1) is 10.1. The molecular weight excluding hydrogens is 262 g/mol. The summed E-state index contributed by atoms with van der Waals surface area (Å²) in [5.74, 6) is 0.720. The predicted octanol–water partition coefficient (Wildman–Crippen LogP) is 2.84. The Balaban J connectivity index is 2.09. The van der Waals surface area contributed by atoms with Crippen molar-refractivity contribution >= 4 is 5.91 Å². The van der Waals surface area contributed by atoms with Gasteiger partial charge in [0.25, 0.3) is 0 Å². The normalized spacial score (nSPS) is 21.1. The topological polar surface area (TPSA) is 51.3 Å². The molecule has 21 heavy (non-hydrogen) atoms. The monoisotopic (exact) mass is 291 g/mol. The number of likely N-dealkylation sites (tertiary alicyclic amines) is 1. The van der Waals surface area contributed by atoms with Crippen LogP contribution in [0.15, 0.2) is 18.3 Å². The van der Waals surface area contributed by atoms with Crippen LogP contribution in [0.25, 0.3) is 0 Å². The highest BCUT2D eigenvalue weighted by molar-refractivity contribution is 5.76. The lowest BCUT2D eigenvalue weighted by Crippen LogP contribution is -2.35. The van der Waals surface area contributed by atoms with Gasteiger partial charge in [-0.3, -0.25) is 4.79 Å². The van der Waals surface area contributed by atoms with Gasteiger partial charge in [0.15, 0.2) is 0 Å². The molecule has 2 heterocycles. The number of hydrogen-bond acceptors (Lipinski definition) is 2. The van der Waals surface area contributed by atoms with E-state index in [0.717, 1.165) is 25.8 Å². The summed E-state index contributed by atoms with van der Waals surface area (Å²) in [6.07, 6.45) is 8.22. The molecule has 0 aromatic carbocycles. The third-order valence-electron chi connectivity index (χ3n) is 4.65. The highest BCUT2D eigenvalue weighted by Crippen LogP contribution is 2.31. The van der Waals surface area contributed by atoms with E-state index in [4.69, 9.17) is 5.73 Å². The summed E-state index contributed by atoms with van der Waals surface area (Å²) in [6.45, 7) is 3.67. The maximum absolute atomic E-state index is 12.7. The molecule has 0 aliphatic carbocycles. The summed E-state index contributed by atoms with van der Waals surface area (Å²) in [4.78, 5) is 14.8. The molecule has 1 saturated heterocycles. The second kappa shape index (κ2) is 7.64. The van der Waals surface area contributed by atoms with E-state index in [1.54, 1.807) is 0 Å². The largest absolute Gasteiger partial charge is 0.353 e. The molecule has 1 fully saturated rings. The number of amides is 1. The number of aromatic nitrogens is 1. The van der Waals surface area contributed by atoms with Crippen molar-refractivity contribution in [1.82, 2.24) is 9.47 Å². The van der Waals surface area contributed by atoms with Gasteiger partial charge in [-0.05, 0) is 43.9 Å². The van der Waals surface area contributed by atoms with Crippen LogP contribution in [-0.2, 0) is 11.8 Å². The molecule has 1 amide bonds. The van der Waals surface area contributed by atoms with Gasteiger partial charge < -0.3 is 15.2 Å². The molecule has 0 spiro atoms. The number of carbonyl (C=O) groups is 1. The van der Waals surface area contributed by atoms with Crippen LogP contribution in [0, 0.1) is 5.92 Å². The van der Waals surface area contributed by atoms with Crippen LogP contribution in [0.3, 0.4) is 0 Å². The lowest BCUT2D eigenvalue weighted by Gasteiger charge is -2.31. The molecule has 2 atom stereocenters. The Bertz CT molecular complexity index is 455. The maximum atomic E-state index is 12.7. The van der Waals surface area contributed by atoms with Gasteiger partial charge in [-0.15, -0.1) is 0 Å². The van der Waals surface area contributed by atoms with Crippen molar-refractivity contribution < 1.29 is 4.79 Å². The summed E-state index contributed by atoms with van der Waals surface area (Å²) in [6, 6.07) is 4.46. The molecule has 1 aromatic rings. The van der Waals surface area contributed by atoms with Gasteiger partial charge in [-0.1, -0.05) is 19.8 Å². The molecule has 1 aromatic heterocycles. The molecule has 118 valence electrons. The maximum Gasteiger partial charge on any atom is 0.223 e. The fourth-order valence-electron chi connectivity index (χ4n) is 3.17. The predicted molar refractivity (Wildman–Crippen MR) is 85.8 cm³/mol. The fourth-order valence-corrected chi connectivity index (χ4v) is 3.17. The lowest BCUT2D eigenvalue weighted by molar-refractivity contribution is -0.134. The number of hydrogen-bond donors (Lipinski definition) is 1. The zero-order chi connectivity index (χ0) is 15.2. The van der Waals surface area contributed by atoms with Crippen molar-refractivity contribution in [2.45, 2.75) is 51.5 Å². The average Bonchev–Trinajstić information content (AvgIpc) is 2.76. The zero-order valence-corrected chi connectivity index (χ0v) is 13.4. The van der Waals surface area contributed by atoms with Crippen LogP contribution >= 0.6 is 0 Å². The third kappa shape index (κ3) is 4.10. The van der Waals surface area contributed by atoms with Crippen LogP contribution in [0.5, 0.6) is 0 Å². The van der Waals surface area contributed by atoms with E-state index in [1.807, 2.05) is 0 Å². The van der Waals surface area contributed by atoms with Gasteiger partial charge >= 0.3 is 0 Å². The Morgan fingerprint density at radius 3 is 2.90 bits per heavy atom. The van der Waals surface area contributed by atoms with Crippen molar-refractivity contribution in [3.8, 4) is 0 Å². The van der Waals surface area contributed by atoms with E-state index in [0.29, 0.717) is 24.8 Å². The highest BCUT2D eigenvalue weighted by atomic mass is 16.2. The molecule has 0 radical (unpaired) electrons. The second-order valence-corrected chi connectivity index (χ2v) is 6.38. The molecule has 4 nitrogen and oxygen atoms in total. The minimum atomic E-state index is 0.244. The zero-order valence-electron chi connectivity index (χ0n) is 13.4. The quantitative estimate of drug-likeness (QED) is 0.907. The van der Waals surface area contributed by atoms with E-state index in [2.05, 4.69) is 41.8 Å². The molecule has 0 bridgehead atoms. The van der Waals surface area contributed by atoms with Gasteiger partial charge in [0.2, 0.25) is 5.91 Å². The summed E-state index contributed by atoms with van der Waals surface area (Å²) >= 11 is 0. The molecule has 2 unspecified atom stereocenters. The van der Waals surface area contributed by atoms with Crippen LogP contribution in [-0.4, -0.2) is 28.5 Å². The van der Waals surface area contributed by atoms with E-state index < -0.39 is 0 Å². The number of carbonyl (C=O) groups excluding carboxylic acids is 1. The van der Waals surface area contributed by atoms with Gasteiger partial charge in [-0.25, -0.2) is 0 Å². The van der Waals surface area contributed by atoms with E-state index in [1.165, 1.54) is 18.5 Å². The smallest absolute Gasteiger partial charge is 0.223 e. The third-order valence-corrected chi connectivity index (χ3v) is 4.65. The first-order valence-corrected chi connectivity index (χ1v) is 8.24. The Labute approximate surface area is 128 Å². The van der Waals surface area contributed by atoms with Crippen molar-refractivity contribution in [1.29, 1.82) is 0 Å². The molecule has 2 rings (SSSR count). The Hall–Kier alpha value is -1.29. The van der Waals surface area contributed by atoms with Crippen molar-refractivity contribution in [3.63, 3.8) is 0 Å². The molecule has 0 saturated carbocycles. The Morgan fingerprint density at radius 2 is 2.24 bits per heavy atom. The number of rotatable bonds is 5. The van der Waals surface area contributed by atoms with E-state index in [-0.39, 0.29) is 6.04 Å². The lowest BCUT2D eigenvalue weighted by atomic mass is 10.0. The van der Waals surface area contributed by atoms with Crippen LogP contribution < -0.4 is 5.73 Å². The molecule has 2 N–H and O–H groups in total. The summed E-state index contributed by atoms with van der Waals surface area (Å²) in [7, 11) is 2.07.